The second-order valence-corrected chi connectivity index (χ2v) is 18.2. The summed E-state index contributed by atoms with van der Waals surface area (Å²) in [5, 5.41) is 0. The van der Waals surface area contributed by atoms with Crippen LogP contribution in [0.1, 0.15) is 142 Å². The molecule has 6 atom stereocenters. The van der Waals surface area contributed by atoms with Crippen LogP contribution in [0.2, 0.25) is 0 Å². The van der Waals surface area contributed by atoms with Crippen molar-refractivity contribution >= 4 is 11.8 Å². The molecular formula is C39H56F4S. The highest BCUT2D eigenvalue weighted by Gasteiger charge is 2.70. The molecule has 246 valence electrons. The first-order valence-corrected chi connectivity index (χ1v) is 18.9. The predicted molar refractivity (Wildman–Crippen MR) is 176 cm³/mol. The second-order valence-electron chi connectivity index (χ2n) is 17.3. The summed E-state index contributed by atoms with van der Waals surface area (Å²) in [6.45, 7) is 8.80. The highest BCUT2D eigenvalue weighted by molar-refractivity contribution is 7.98. The van der Waals surface area contributed by atoms with E-state index < -0.39 is 22.7 Å². The van der Waals surface area contributed by atoms with E-state index in [4.69, 9.17) is 0 Å². The molecule has 0 radical (unpaired) electrons. The number of rotatable bonds is 4. The summed E-state index contributed by atoms with van der Waals surface area (Å²) in [7, 11) is 0. The lowest BCUT2D eigenvalue weighted by molar-refractivity contribution is -0.290. The molecule has 1 aromatic rings. The van der Waals surface area contributed by atoms with Crippen molar-refractivity contribution in [3.8, 4) is 0 Å². The number of hydrogen-bond acceptors (Lipinski definition) is 1. The average Bonchev–Trinajstić information content (AvgIpc) is 3.06. The quantitative estimate of drug-likeness (QED) is 0.181. The van der Waals surface area contributed by atoms with Gasteiger partial charge in [-0.1, -0.05) is 57.4 Å². The fourth-order valence-corrected chi connectivity index (χ4v) is 11.5. The third-order valence-electron chi connectivity index (χ3n) is 14.4. The standard InChI is InChI=1S/C39H56F4S/c1-34(2)20-22-38(23-21-34)19-16-31-28(24-38)11-14-30-26-8-7-17-35(3,36(4,18-15-26)39(42,43)37(5,40)41)25-32(33(30)31)27-9-12-29(44-6)13-10-27/h9-10,12-13,26,28,30,32H,7-8,11,14-25H2,1-6H3/t26?,28?,30?,32?,35?,36-/m1/s1. The summed E-state index contributed by atoms with van der Waals surface area (Å²) in [6, 6.07) is 8.81. The van der Waals surface area contributed by atoms with Crippen LogP contribution in [0.3, 0.4) is 0 Å². The maximum absolute atomic E-state index is 16.2. The van der Waals surface area contributed by atoms with Crippen molar-refractivity contribution in [1.29, 1.82) is 0 Å². The maximum atomic E-state index is 16.2. The molecular weight excluding hydrogens is 576 g/mol. The molecule has 2 bridgehead atoms. The van der Waals surface area contributed by atoms with E-state index in [0.29, 0.717) is 54.8 Å². The summed E-state index contributed by atoms with van der Waals surface area (Å²) in [4.78, 5) is 1.19. The van der Waals surface area contributed by atoms with Gasteiger partial charge in [0, 0.05) is 23.2 Å². The van der Waals surface area contributed by atoms with Crippen LogP contribution in [0.4, 0.5) is 17.6 Å². The van der Waals surface area contributed by atoms with Gasteiger partial charge in [0.05, 0.1) is 0 Å². The molecule has 0 amide bonds. The third kappa shape index (κ3) is 5.43. The maximum Gasteiger partial charge on any atom is 0.315 e. The number of fused-ring (bicyclic) bond motifs is 6. The van der Waals surface area contributed by atoms with Gasteiger partial charge in [-0.15, -0.1) is 11.8 Å². The largest absolute Gasteiger partial charge is 0.315 e. The topological polar surface area (TPSA) is 0 Å². The minimum atomic E-state index is -4.08. The summed E-state index contributed by atoms with van der Waals surface area (Å²) < 4.78 is 62.4. The molecule has 0 nitrogen and oxygen atoms in total. The van der Waals surface area contributed by atoms with Crippen LogP contribution in [0.5, 0.6) is 0 Å². The van der Waals surface area contributed by atoms with Crippen LogP contribution >= 0.6 is 11.8 Å². The van der Waals surface area contributed by atoms with Crippen molar-refractivity contribution < 1.29 is 17.6 Å². The minimum Gasteiger partial charge on any atom is -0.200 e. The Morgan fingerprint density at radius 2 is 1.45 bits per heavy atom. The summed E-state index contributed by atoms with van der Waals surface area (Å²) in [5.41, 5.74) is 2.64. The monoisotopic (exact) mass is 632 g/mol. The van der Waals surface area contributed by atoms with E-state index in [9.17, 15) is 8.78 Å². The number of allylic oxidation sites excluding steroid dienone is 2. The minimum absolute atomic E-state index is 0.0114. The van der Waals surface area contributed by atoms with Gasteiger partial charge in [-0.2, -0.15) is 8.78 Å². The molecule has 7 rings (SSSR count). The Kier molecular flexibility index (Phi) is 8.48. The molecule has 5 saturated carbocycles. The first-order chi connectivity index (χ1) is 20.5. The highest BCUT2D eigenvalue weighted by atomic mass is 32.2. The summed E-state index contributed by atoms with van der Waals surface area (Å²) in [5.74, 6) is -6.87. The molecule has 0 aliphatic heterocycles. The molecule has 5 heteroatoms. The fraction of sp³-hybridized carbons (Fsp3) is 0.795. The smallest absolute Gasteiger partial charge is 0.200 e. The first-order valence-electron chi connectivity index (χ1n) is 17.7. The van der Waals surface area contributed by atoms with Crippen molar-refractivity contribution in [3.05, 3.63) is 41.0 Å². The SMILES string of the molecule is CSc1ccc(C2CC3(C)CCCC(CC[C@@]3(C)C(F)(F)C(C)(F)F)C3CCC4CC5(CCC4=C23)CCC(C)(C)CC5)cc1. The van der Waals surface area contributed by atoms with Gasteiger partial charge < -0.3 is 0 Å². The predicted octanol–water partition coefficient (Wildman–Crippen LogP) is 12.9. The van der Waals surface area contributed by atoms with Crippen LogP contribution in [-0.4, -0.2) is 18.1 Å². The van der Waals surface area contributed by atoms with Crippen molar-refractivity contribution in [2.75, 3.05) is 6.26 Å². The lowest BCUT2D eigenvalue weighted by Gasteiger charge is -2.54. The summed E-state index contributed by atoms with van der Waals surface area (Å²) >= 11 is 1.71. The van der Waals surface area contributed by atoms with E-state index in [2.05, 4.69) is 44.4 Å². The van der Waals surface area contributed by atoms with Crippen LogP contribution in [0, 0.1) is 39.4 Å². The molecule has 0 aromatic heterocycles. The van der Waals surface area contributed by atoms with E-state index in [1.54, 1.807) is 22.9 Å². The van der Waals surface area contributed by atoms with Crippen LogP contribution in [-0.2, 0) is 0 Å². The zero-order valence-electron chi connectivity index (χ0n) is 28.1. The van der Waals surface area contributed by atoms with Crippen molar-refractivity contribution in [2.24, 2.45) is 39.4 Å². The molecule has 0 heterocycles. The first kappa shape index (κ1) is 33.0. The van der Waals surface area contributed by atoms with Crippen LogP contribution < -0.4 is 0 Å². The van der Waals surface area contributed by atoms with Crippen LogP contribution in [0.25, 0.3) is 0 Å². The molecule has 0 saturated heterocycles. The van der Waals surface area contributed by atoms with E-state index in [1.807, 2.05) is 6.92 Å². The van der Waals surface area contributed by atoms with Gasteiger partial charge in [-0.3, -0.25) is 0 Å². The van der Waals surface area contributed by atoms with Crippen molar-refractivity contribution in [2.45, 2.75) is 154 Å². The average molecular weight is 633 g/mol. The van der Waals surface area contributed by atoms with Crippen LogP contribution in [0.15, 0.2) is 40.3 Å². The Balaban J connectivity index is 1.48. The molecule has 1 spiro atoms. The Bertz CT molecular complexity index is 1230. The van der Waals surface area contributed by atoms with Gasteiger partial charge in [0.1, 0.15) is 0 Å². The van der Waals surface area contributed by atoms with Gasteiger partial charge >= 0.3 is 11.8 Å². The van der Waals surface area contributed by atoms with Crippen molar-refractivity contribution in [1.82, 2.24) is 0 Å². The van der Waals surface area contributed by atoms with Gasteiger partial charge in [0.2, 0.25) is 0 Å². The number of alkyl halides is 4. The molecule has 5 unspecified atom stereocenters. The van der Waals surface area contributed by atoms with Gasteiger partial charge in [0.25, 0.3) is 0 Å². The van der Waals surface area contributed by atoms with Gasteiger partial charge in [0.15, 0.2) is 0 Å². The van der Waals surface area contributed by atoms with E-state index in [1.165, 1.54) is 62.3 Å². The van der Waals surface area contributed by atoms with E-state index in [0.717, 1.165) is 25.7 Å². The Morgan fingerprint density at radius 1 is 0.773 bits per heavy atom. The zero-order valence-corrected chi connectivity index (χ0v) is 29.0. The number of benzene rings is 1. The second kappa shape index (κ2) is 11.3. The molecule has 6 aliphatic rings. The number of thioether (sulfide) groups is 1. The molecule has 5 fully saturated rings. The molecule has 0 N–H and O–H groups in total. The normalized spacial score (nSPS) is 37.4. The van der Waals surface area contributed by atoms with Crippen molar-refractivity contribution in [3.63, 3.8) is 0 Å². The van der Waals surface area contributed by atoms with Gasteiger partial charge in [-0.25, -0.2) is 8.78 Å². The third-order valence-corrected chi connectivity index (χ3v) is 15.1. The Hall–Kier alpha value is -0.970. The van der Waals surface area contributed by atoms with E-state index in [-0.39, 0.29) is 12.3 Å². The molecule has 1 aromatic carbocycles. The number of halogens is 4. The zero-order chi connectivity index (χ0) is 31.8. The van der Waals surface area contributed by atoms with Gasteiger partial charge in [-0.05, 0) is 148 Å². The highest BCUT2D eigenvalue weighted by Crippen LogP contribution is 2.68. The number of hydrogen-bond donors (Lipinski definition) is 0. The lowest BCUT2D eigenvalue weighted by atomic mass is 9.52. The fourth-order valence-electron chi connectivity index (χ4n) is 11.1. The lowest BCUT2D eigenvalue weighted by Crippen LogP contribution is -2.59. The summed E-state index contributed by atoms with van der Waals surface area (Å²) in [6.07, 6.45) is 17.2. The Labute approximate surface area is 269 Å². The molecule has 44 heavy (non-hydrogen) atoms. The molecule has 6 aliphatic carbocycles. The van der Waals surface area contributed by atoms with E-state index >= 15 is 8.78 Å². The Morgan fingerprint density at radius 3 is 2.09 bits per heavy atom.